The van der Waals surface area contributed by atoms with Crippen molar-refractivity contribution < 1.29 is 22.7 Å². The van der Waals surface area contributed by atoms with E-state index in [0.717, 1.165) is 6.42 Å². The summed E-state index contributed by atoms with van der Waals surface area (Å²) in [6.07, 6.45) is 1.09. The van der Waals surface area contributed by atoms with Gasteiger partial charge in [0.2, 0.25) is 10.0 Å². The number of methoxy groups -OCH3 is 1. The van der Waals surface area contributed by atoms with Gasteiger partial charge in [-0.1, -0.05) is 13.8 Å². The van der Waals surface area contributed by atoms with Crippen LogP contribution in [0.15, 0.2) is 23.1 Å². The van der Waals surface area contributed by atoms with Crippen LogP contribution in [0.3, 0.4) is 0 Å². The van der Waals surface area contributed by atoms with Gasteiger partial charge in [0.25, 0.3) is 5.91 Å². The number of likely N-dealkylation sites (tertiary alicyclic amines) is 1. The molecular weight excluding hydrogens is 368 g/mol. The van der Waals surface area contributed by atoms with Gasteiger partial charge in [-0.05, 0) is 36.5 Å². The quantitative estimate of drug-likeness (QED) is 0.776. The molecule has 7 nitrogen and oxygen atoms in total. The van der Waals surface area contributed by atoms with Crippen LogP contribution in [0.1, 0.15) is 30.6 Å². The molecule has 2 heterocycles. The van der Waals surface area contributed by atoms with Crippen molar-refractivity contribution in [1.82, 2.24) is 9.21 Å². The zero-order valence-corrected chi connectivity index (χ0v) is 17.0. The summed E-state index contributed by atoms with van der Waals surface area (Å²) in [4.78, 5) is 15.1. The highest BCUT2D eigenvalue weighted by Crippen LogP contribution is 2.29. The summed E-state index contributed by atoms with van der Waals surface area (Å²) >= 11 is 0. The van der Waals surface area contributed by atoms with E-state index in [1.54, 1.807) is 6.07 Å². The van der Waals surface area contributed by atoms with Crippen LogP contribution in [-0.2, 0) is 14.8 Å². The van der Waals surface area contributed by atoms with Crippen molar-refractivity contribution in [2.75, 3.05) is 46.5 Å². The van der Waals surface area contributed by atoms with E-state index in [0.29, 0.717) is 62.5 Å². The van der Waals surface area contributed by atoms with E-state index in [4.69, 9.17) is 9.47 Å². The van der Waals surface area contributed by atoms with E-state index >= 15 is 0 Å². The Bertz CT molecular complexity index is 779. The van der Waals surface area contributed by atoms with Crippen molar-refractivity contribution >= 4 is 15.9 Å². The van der Waals surface area contributed by atoms with Crippen LogP contribution < -0.4 is 4.74 Å². The number of carbonyl (C=O) groups excluding carboxylic acids is 1. The van der Waals surface area contributed by atoms with Gasteiger partial charge >= 0.3 is 0 Å². The number of rotatable bonds is 4. The number of morpholine rings is 1. The van der Waals surface area contributed by atoms with Crippen molar-refractivity contribution in [2.45, 2.75) is 25.2 Å². The Hall–Kier alpha value is -1.64. The Balaban J connectivity index is 1.92. The summed E-state index contributed by atoms with van der Waals surface area (Å²) in [7, 11) is -2.18. The normalized spacial score (nSPS) is 24.6. The fourth-order valence-electron chi connectivity index (χ4n) is 3.95. The van der Waals surface area contributed by atoms with E-state index in [1.165, 1.54) is 23.5 Å². The second kappa shape index (κ2) is 8.16. The van der Waals surface area contributed by atoms with Gasteiger partial charge in [0.05, 0.1) is 30.8 Å². The zero-order chi connectivity index (χ0) is 19.6. The molecule has 0 radical (unpaired) electrons. The first-order valence-corrected chi connectivity index (χ1v) is 10.8. The maximum Gasteiger partial charge on any atom is 0.257 e. The summed E-state index contributed by atoms with van der Waals surface area (Å²) in [5, 5.41) is 0. The van der Waals surface area contributed by atoms with Crippen molar-refractivity contribution in [3.63, 3.8) is 0 Å². The number of benzene rings is 1. The lowest BCUT2D eigenvalue weighted by molar-refractivity contribution is 0.0619. The molecule has 2 fully saturated rings. The Morgan fingerprint density at radius 3 is 2.37 bits per heavy atom. The molecule has 0 aromatic heterocycles. The summed E-state index contributed by atoms with van der Waals surface area (Å²) in [5.41, 5.74) is 0.299. The van der Waals surface area contributed by atoms with Crippen molar-refractivity contribution in [2.24, 2.45) is 11.8 Å². The van der Waals surface area contributed by atoms with Gasteiger partial charge in [-0.15, -0.1) is 0 Å². The van der Waals surface area contributed by atoms with Crippen molar-refractivity contribution in [3.8, 4) is 5.75 Å². The van der Waals surface area contributed by atoms with Crippen LogP contribution in [0.25, 0.3) is 0 Å². The molecule has 3 rings (SSSR count). The van der Waals surface area contributed by atoms with Crippen molar-refractivity contribution in [1.29, 1.82) is 0 Å². The number of hydrogen-bond donors (Lipinski definition) is 0. The molecular formula is C19H28N2O5S. The number of ether oxygens (including phenoxy) is 2. The van der Waals surface area contributed by atoms with E-state index in [9.17, 15) is 13.2 Å². The highest BCUT2D eigenvalue weighted by Gasteiger charge is 2.31. The van der Waals surface area contributed by atoms with E-state index in [-0.39, 0.29) is 10.8 Å². The third-order valence-corrected chi connectivity index (χ3v) is 7.06. The maximum absolute atomic E-state index is 13.1. The van der Waals surface area contributed by atoms with Gasteiger partial charge in [-0.25, -0.2) is 8.42 Å². The molecule has 0 bridgehead atoms. The number of sulfonamides is 1. The van der Waals surface area contributed by atoms with Crippen LogP contribution in [0, 0.1) is 11.8 Å². The summed E-state index contributed by atoms with van der Waals surface area (Å²) in [6, 6.07) is 4.52. The Kier molecular flexibility index (Phi) is 6.08. The minimum atomic E-state index is -3.67. The maximum atomic E-state index is 13.1. The highest BCUT2D eigenvalue weighted by atomic mass is 32.2. The topological polar surface area (TPSA) is 76.1 Å². The zero-order valence-electron chi connectivity index (χ0n) is 16.2. The molecule has 2 saturated heterocycles. The van der Waals surface area contributed by atoms with Gasteiger partial charge in [-0.2, -0.15) is 4.31 Å². The Morgan fingerprint density at radius 2 is 1.78 bits per heavy atom. The SMILES string of the molecule is COc1ccc(S(=O)(=O)N2CCOCC2)cc1C(=O)N1CC(C)CC(C)C1. The Labute approximate surface area is 161 Å². The number of carbonyl (C=O) groups is 1. The van der Waals surface area contributed by atoms with Crippen LogP contribution >= 0.6 is 0 Å². The molecule has 0 saturated carbocycles. The summed E-state index contributed by atoms with van der Waals surface area (Å²) < 4.78 is 37.9. The Morgan fingerprint density at radius 1 is 1.15 bits per heavy atom. The lowest BCUT2D eigenvalue weighted by atomic mass is 9.91. The summed E-state index contributed by atoms with van der Waals surface area (Å²) in [6.45, 7) is 7.01. The van der Waals surface area contributed by atoms with Crippen LogP contribution in [-0.4, -0.2) is 70.0 Å². The average Bonchev–Trinajstić information content (AvgIpc) is 2.66. The lowest BCUT2D eigenvalue weighted by Crippen LogP contribution is -2.43. The van der Waals surface area contributed by atoms with Crippen LogP contribution in [0.5, 0.6) is 5.75 Å². The first-order chi connectivity index (χ1) is 12.8. The minimum Gasteiger partial charge on any atom is -0.496 e. The second-order valence-corrected chi connectivity index (χ2v) is 9.47. The fourth-order valence-corrected chi connectivity index (χ4v) is 5.38. The van der Waals surface area contributed by atoms with Crippen LogP contribution in [0.4, 0.5) is 0 Å². The molecule has 150 valence electrons. The first kappa shape index (κ1) is 20.1. The predicted molar refractivity (Wildman–Crippen MR) is 101 cm³/mol. The van der Waals surface area contributed by atoms with Gasteiger partial charge < -0.3 is 14.4 Å². The number of amides is 1. The third kappa shape index (κ3) is 4.28. The molecule has 2 aliphatic heterocycles. The summed E-state index contributed by atoms with van der Waals surface area (Å²) in [5.74, 6) is 1.06. The fraction of sp³-hybridized carbons (Fsp3) is 0.632. The van der Waals surface area contributed by atoms with Crippen LogP contribution in [0.2, 0.25) is 0 Å². The van der Waals surface area contributed by atoms with E-state index in [2.05, 4.69) is 13.8 Å². The number of hydrogen-bond acceptors (Lipinski definition) is 5. The predicted octanol–water partition coefficient (Wildman–Crippen LogP) is 1.83. The average molecular weight is 397 g/mol. The third-order valence-electron chi connectivity index (χ3n) is 5.17. The molecule has 2 unspecified atom stereocenters. The van der Waals surface area contributed by atoms with E-state index < -0.39 is 10.0 Å². The standard InChI is InChI=1S/C19H28N2O5S/c1-14-10-15(2)13-20(12-14)19(22)17-11-16(4-5-18(17)25-3)27(23,24)21-6-8-26-9-7-21/h4-5,11,14-15H,6-10,12-13H2,1-3H3. The first-order valence-electron chi connectivity index (χ1n) is 9.38. The van der Waals surface area contributed by atoms with Gasteiger partial charge in [0.15, 0.2) is 0 Å². The smallest absolute Gasteiger partial charge is 0.257 e. The molecule has 1 amide bonds. The van der Waals surface area contributed by atoms with Gasteiger partial charge in [0, 0.05) is 26.2 Å². The number of piperidine rings is 1. The van der Waals surface area contributed by atoms with Crippen molar-refractivity contribution in [3.05, 3.63) is 23.8 Å². The van der Waals surface area contributed by atoms with E-state index in [1.807, 2.05) is 4.90 Å². The monoisotopic (exact) mass is 396 g/mol. The molecule has 0 aliphatic carbocycles. The number of nitrogens with zero attached hydrogens (tertiary/aromatic N) is 2. The second-order valence-electron chi connectivity index (χ2n) is 7.53. The molecule has 2 aliphatic rings. The molecule has 8 heteroatoms. The lowest BCUT2D eigenvalue weighted by Gasteiger charge is -2.35. The molecule has 1 aromatic carbocycles. The minimum absolute atomic E-state index is 0.117. The largest absolute Gasteiger partial charge is 0.496 e. The van der Waals surface area contributed by atoms with Gasteiger partial charge in [-0.3, -0.25) is 4.79 Å². The molecule has 1 aromatic rings. The molecule has 0 N–H and O–H groups in total. The molecule has 27 heavy (non-hydrogen) atoms. The molecule has 0 spiro atoms. The highest BCUT2D eigenvalue weighted by molar-refractivity contribution is 7.89. The molecule has 2 atom stereocenters. The van der Waals surface area contributed by atoms with Gasteiger partial charge in [0.1, 0.15) is 5.75 Å².